The predicted octanol–water partition coefficient (Wildman–Crippen LogP) is 2.80. The van der Waals surface area contributed by atoms with Gasteiger partial charge in [0.1, 0.15) is 5.82 Å². The number of rotatable bonds is 8. The number of unbranched alkanes of at least 4 members (excludes halogenated alkanes) is 1. The normalized spacial score (nSPS) is 14.6. The van der Waals surface area contributed by atoms with E-state index >= 15 is 0 Å². The third-order valence-electron chi connectivity index (χ3n) is 5.59. The molecule has 32 heavy (non-hydrogen) atoms. The van der Waals surface area contributed by atoms with Crippen LogP contribution in [0.25, 0.3) is 0 Å². The van der Waals surface area contributed by atoms with Gasteiger partial charge in [-0.1, -0.05) is 13.3 Å². The smallest absolute Gasteiger partial charge is 0.319 e. The summed E-state index contributed by atoms with van der Waals surface area (Å²) in [5.41, 5.74) is 1.61. The van der Waals surface area contributed by atoms with Gasteiger partial charge in [-0.15, -0.1) is 0 Å². The molecule has 2 aromatic rings. The summed E-state index contributed by atoms with van der Waals surface area (Å²) in [6.45, 7) is 2.39. The Bertz CT molecular complexity index is 894. The van der Waals surface area contributed by atoms with Crippen LogP contribution in [0, 0.1) is 0 Å². The van der Waals surface area contributed by atoms with E-state index in [4.69, 9.17) is 0 Å². The molecule has 0 bridgehead atoms. The van der Waals surface area contributed by atoms with Crippen molar-refractivity contribution in [3.63, 3.8) is 0 Å². The highest BCUT2D eigenvalue weighted by Gasteiger charge is 2.27. The van der Waals surface area contributed by atoms with Gasteiger partial charge in [0, 0.05) is 63.5 Å². The molecule has 0 atom stereocenters. The highest BCUT2D eigenvalue weighted by Crippen LogP contribution is 2.18. The maximum atomic E-state index is 13.0. The number of nitrogens with zero attached hydrogens (tertiary/aromatic N) is 5. The molecule has 3 rings (SSSR count). The molecule has 0 radical (unpaired) electrons. The molecule has 0 aliphatic carbocycles. The summed E-state index contributed by atoms with van der Waals surface area (Å²) in [7, 11) is 2.02. The highest BCUT2D eigenvalue weighted by molar-refractivity contribution is 6.39. The fraction of sp³-hybridized carbons (Fsp3) is 0.500. The van der Waals surface area contributed by atoms with E-state index in [1.807, 2.05) is 24.1 Å². The van der Waals surface area contributed by atoms with Crippen LogP contribution in [0.5, 0.6) is 0 Å². The predicted molar refractivity (Wildman–Crippen MR) is 119 cm³/mol. The summed E-state index contributed by atoms with van der Waals surface area (Å²) >= 11 is 0. The van der Waals surface area contributed by atoms with Crippen molar-refractivity contribution in [2.45, 2.75) is 32.9 Å². The Labute approximate surface area is 186 Å². The Hall–Kier alpha value is -3.01. The lowest BCUT2D eigenvalue weighted by Gasteiger charge is -2.34. The molecule has 174 valence electrons. The lowest BCUT2D eigenvalue weighted by atomic mass is 10.2. The molecule has 1 aliphatic rings. The van der Waals surface area contributed by atoms with Gasteiger partial charge < -0.3 is 15.1 Å². The summed E-state index contributed by atoms with van der Waals surface area (Å²) in [6, 6.07) is 7.40. The Balaban J connectivity index is 1.47. The minimum atomic E-state index is -2.63. The quantitative estimate of drug-likeness (QED) is 0.629. The van der Waals surface area contributed by atoms with Gasteiger partial charge in [-0.2, -0.15) is 8.78 Å². The molecular weight excluding hydrogens is 418 g/mol. The van der Waals surface area contributed by atoms with E-state index in [-0.39, 0.29) is 12.4 Å². The first-order valence-corrected chi connectivity index (χ1v) is 10.8. The molecule has 10 heteroatoms. The van der Waals surface area contributed by atoms with Crippen molar-refractivity contribution in [2.24, 2.45) is 0 Å². The monoisotopic (exact) mass is 448 g/mol. The van der Waals surface area contributed by atoms with Crippen molar-refractivity contribution < 1.29 is 18.4 Å². The number of carbonyl (C=O) groups excluding carboxylic acids is 2. The second-order valence-electron chi connectivity index (χ2n) is 7.87. The number of carbonyl (C=O) groups is 2. The SMILES string of the molecule is CCCCN(C)c1ccc(NC(=O)C(=O)N2CCN(Cc3nccn3C(F)F)CC2)cc1. The molecular formula is C22H30F2N6O2. The number of amides is 2. The van der Waals surface area contributed by atoms with Crippen LogP contribution in [0.2, 0.25) is 0 Å². The van der Waals surface area contributed by atoms with Crippen LogP contribution in [0.15, 0.2) is 36.7 Å². The van der Waals surface area contributed by atoms with Crippen LogP contribution >= 0.6 is 0 Å². The van der Waals surface area contributed by atoms with Crippen LogP contribution in [0.3, 0.4) is 0 Å². The van der Waals surface area contributed by atoms with Crippen molar-refractivity contribution >= 4 is 23.2 Å². The number of halogens is 2. The first kappa shape index (κ1) is 23.6. The zero-order valence-electron chi connectivity index (χ0n) is 18.5. The summed E-state index contributed by atoms with van der Waals surface area (Å²) in [4.78, 5) is 34.5. The van der Waals surface area contributed by atoms with E-state index in [1.165, 1.54) is 17.3 Å². The standard InChI is InChI=1S/C22H30F2N6O2/c1-3-4-10-27(2)18-7-5-17(6-8-18)26-20(31)21(32)29-14-12-28(13-15-29)16-19-25-9-11-30(19)22(23)24/h5-9,11,22H,3-4,10,12-16H2,1-2H3,(H,26,31). The summed E-state index contributed by atoms with van der Waals surface area (Å²) in [5, 5.41) is 2.66. The summed E-state index contributed by atoms with van der Waals surface area (Å²) in [6.07, 6.45) is 4.82. The minimum Gasteiger partial charge on any atom is -0.375 e. The number of piperazine rings is 1. The minimum absolute atomic E-state index is 0.268. The number of hydrogen-bond acceptors (Lipinski definition) is 5. The lowest BCUT2D eigenvalue weighted by molar-refractivity contribution is -0.144. The van der Waals surface area contributed by atoms with Gasteiger partial charge in [0.25, 0.3) is 0 Å². The van der Waals surface area contributed by atoms with E-state index in [2.05, 4.69) is 22.1 Å². The first-order valence-electron chi connectivity index (χ1n) is 10.8. The van der Waals surface area contributed by atoms with Gasteiger partial charge in [0.15, 0.2) is 0 Å². The average Bonchev–Trinajstić information content (AvgIpc) is 3.26. The highest BCUT2D eigenvalue weighted by atomic mass is 19.3. The molecule has 1 aromatic carbocycles. The maximum absolute atomic E-state index is 13.0. The number of imidazole rings is 1. The van der Waals surface area contributed by atoms with Gasteiger partial charge in [-0.25, -0.2) is 4.98 Å². The van der Waals surface area contributed by atoms with Gasteiger partial charge in [-0.3, -0.25) is 19.1 Å². The Morgan fingerprint density at radius 1 is 1.16 bits per heavy atom. The van der Waals surface area contributed by atoms with E-state index in [0.29, 0.717) is 31.9 Å². The molecule has 2 heterocycles. The molecule has 0 unspecified atom stereocenters. The number of anilines is 2. The fourth-order valence-corrected chi connectivity index (χ4v) is 3.60. The first-order chi connectivity index (χ1) is 15.4. The Morgan fingerprint density at radius 2 is 1.84 bits per heavy atom. The van der Waals surface area contributed by atoms with Gasteiger partial charge in [-0.05, 0) is 30.7 Å². The van der Waals surface area contributed by atoms with Crippen molar-refractivity contribution in [1.29, 1.82) is 0 Å². The number of benzene rings is 1. The topological polar surface area (TPSA) is 73.7 Å². The second kappa shape index (κ2) is 11.0. The van der Waals surface area contributed by atoms with Crippen LogP contribution < -0.4 is 10.2 Å². The van der Waals surface area contributed by atoms with Crippen molar-refractivity contribution in [2.75, 3.05) is 50.0 Å². The van der Waals surface area contributed by atoms with Crippen LogP contribution in [0.4, 0.5) is 20.2 Å². The van der Waals surface area contributed by atoms with Crippen molar-refractivity contribution in [1.82, 2.24) is 19.4 Å². The van der Waals surface area contributed by atoms with E-state index in [9.17, 15) is 18.4 Å². The van der Waals surface area contributed by atoms with Crippen LogP contribution in [0.1, 0.15) is 32.1 Å². The average molecular weight is 449 g/mol. The Kier molecular flexibility index (Phi) is 8.15. The van der Waals surface area contributed by atoms with Gasteiger partial charge in [0.05, 0.1) is 6.54 Å². The van der Waals surface area contributed by atoms with Crippen LogP contribution in [-0.4, -0.2) is 70.9 Å². The molecule has 0 spiro atoms. The van der Waals surface area contributed by atoms with Crippen molar-refractivity contribution in [3.8, 4) is 0 Å². The second-order valence-corrected chi connectivity index (χ2v) is 7.87. The van der Waals surface area contributed by atoms with E-state index in [1.54, 1.807) is 12.1 Å². The molecule has 1 N–H and O–H groups in total. The van der Waals surface area contributed by atoms with Gasteiger partial charge in [0.2, 0.25) is 0 Å². The van der Waals surface area contributed by atoms with E-state index < -0.39 is 18.4 Å². The molecule has 8 nitrogen and oxygen atoms in total. The molecule has 1 fully saturated rings. The summed E-state index contributed by atoms with van der Waals surface area (Å²) in [5.74, 6) is -0.997. The molecule has 1 aliphatic heterocycles. The molecule has 2 amide bonds. The zero-order valence-corrected chi connectivity index (χ0v) is 18.5. The molecule has 1 saturated heterocycles. The van der Waals surface area contributed by atoms with E-state index in [0.717, 1.165) is 29.6 Å². The largest absolute Gasteiger partial charge is 0.375 e. The molecule has 1 aromatic heterocycles. The summed E-state index contributed by atoms with van der Waals surface area (Å²) < 4.78 is 26.8. The number of hydrogen-bond donors (Lipinski definition) is 1. The van der Waals surface area contributed by atoms with Crippen LogP contribution in [-0.2, 0) is 16.1 Å². The Morgan fingerprint density at radius 3 is 2.47 bits per heavy atom. The number of aromatic nitrogens is 2. The third kappa shape index (κ3) is 6.03. The van der Waals surface area contributed by atoms with Gasteiger partial charge >= 0.3 is 18.4 Å². The van der Waals surface area contributed by atoms with Crippen molar-refractivity contribution in [3.05, 3.63) is 42.5 Å². The maximum Gasteiger partial charge on any atom is 0.319 e. The third-order valence-corrected chi connectivity index (χ3v) is 5.59. The lowest BCUT2D eigenvalue weighted by Crippen LogP contribution is -2.51. The fourth-order valence-electron chi connectivity index (χ4n) is 3.60. The number of alkyl halides is 2. The zero-order chi connectivity index (χ0) is 23.1. The molecule has 0 saturated carbocycles. The number of nitrogens with one attached hydrogen (secondary N) is 1.